The third-order valence-electron chi connectivity index (χ3n) is 1.49. The topological polar surface area (TPSA) is 89.7 Å². The van der Waals surface area contributed by atoms with Gasteiger partial charge in [-0.25, -0.2) is 0 Å². The molecule has 0 bridgehead atoms. The van der Waals surface area contributed by atoms with Crippen LogP contribution in [0.4, 0.5) is 5.69 Å². The maximum absolute atomic E-state index is 10.3. The second kappa shape index (κ2) is 4.76. The minimum atomic E-state index is -2.63. The fraction of sp³-hybridized carbons (Fsp3) is 0.143. The van der Waals surface area contributed by atoms with Crippen molar-refractivity contribution in [2.24, 2.45) is 0 Å². The summed E-state index contributed by atoms with van der Waals surface area (Å²) in [6.45, 7) is -0.0380. The highest BCUT2D eigenvalue weighted by Crippen LogP contribution is 2.19. The van der Waals surface area contributed by atoms with E-state index in [1.807, 2.05) is 0 Å². The van der Waals surface area contributed by atoms with Gasteiger partial charge in [0.25, 0.3) is 5.69 Å². The summed E-state index contributed by atoms with van der Waals surface area (Å²) in [6.07, 6.45) is 0. The molecule has 74 valence electrons. The smallest absolute Gasteiger partial charge is 0.258 e. The molecule has 1 aromatic carbocycles. The Morgan fingerprint density at radius 2 is 2.00 bits per heavy atom. The molecule has 1 aromatic rings. The first kappa shape index (κ1) is 10.7. The van der Waals surface area contributed by atoms with Gasteiger partial charge < -0.3 is 0 Å². The van der Waals surface area contributed by atoms with E-state index in [1.54, 1.807) is 0 Å². The summed E-state index contributed by atoms with van der Waals surface area (Å²) < 4.78 is 14.6. The molecule has 0 aliphatic heterocycles. The van der Waals surface area contributed by atoms with Gasteiger partial charge in [-0.2, -0.15) is 0 Å². The zero-order valence-electron chi connectivity index (χ0n) is 6.99. The van der Waals surface area contributed by atoms with Crippen molar-refractivity contribution in [2.45, 2.75) is 6.61 Å². The van der Waals surface area contributed by atoms with E-state index < -0.39 is 13.2 Å². The maximum atomic E-state index is 10.3. The van der Waals surface area contributed by atoms with Crippen LogP contribution in [0, 0.1) is 10.1 Å². The summed E-state index contributed by atoms with van der Waals surface area (Å²) in [5.74, 6) is 0. The van der Waals surface area contributed by atoms with Crippen molar-refractivity contribution >= 4 is 13.9 Å². The number of benzene rings is 1. The number of non-ortho nitro benzene ring substituents is 1. The number of nitro benzene ring substituents is 1. The van der Waals surface area contributed by atoms with Crippen LogP contribution in [0.5, 0.6) is 0 Å². The van der Waals surface area contributed by atoms with Crippen molar-refractivity contribution in [3.8, 4) is 0 Å². The summed E-state index contributed by atoms with van der Waals surface area (Å²) in [7, 11) is -2.63. The van der Waals surface area contributed by atoms with Gasteiger partial charge in [-0.1, -0.05) is 0 Å². The minimum Gasteiger partial charge on any atom is -0.258 e. The van der Waals surface area contributed by atoms with Crippen molar-refractivity contribution < 1.29 is 18.9 Å². The third-order valence-corrected chi connectivity index (χ3v) is 1.84. The summed E-state index contributed by atoms with van der Waals surface area (Å²) in [6, 6.07) is 5.56. The Bertz CT molecular complexity index is 350. The highest BCUT2D eigenvalue weighted by atomic mass is 31.1. The zero-order valence-corrected chi connectivity index (χ0v) is 7.89. The molecule has 0 saturated heterocycles. The monoisotopic (exact) mass is 216 g/mol. The molecule has 0 aliphatic carbocycles. The van der Waals surface area contributed by atoms with Gasteiger partial charge >= 0.3 is 8.25 Å². The van der Waals surface area contributed by atoms with Crippen LogP contribution in [0.2, 0.25) is 0 Å². The van der Waals surface area contributed by atoms with Crippen LogP contribution in [0.25, 0.3) is 0 Å². The molecule has 0 saturated carbocycles. The first-order valence-corrected chi connectivity index (χ1v) is 4.75. The molecule has 0 aliphatic rings. The average molecular weight is 216 g/mol. The van der Waals surface area contributed by atoms with Crippen molar-refractivity contribution in [2.75, 3.05) is 0 Å². The van der Waals surface area contributed by atoms with Crippen LogP contribution in [0.1, 0.15) is 5.56 Å². The van der Waals surface area contributed by atoms with Gasteiger partial charge in [-0.3, -0.25) is 10.1 Å². The van der Waals surface area contributed by atoms with Crippen LogP contribution in [-0.4, -0.2) is 9.82 Å². The SMILES string of the molecule is O=[N+]([O-])c1ccc(CO[P+](=O)O)cc1. The number of nitrogens with zero attached hydrogens (tertiary/aromatic N) is 1. The fourth-order valence-corrected chi connectivity index (χ4v) is 1.10. The molecule has 6 nitrogen and oxygen atoms in total. The van der Waals surface area contributed by atoms with Gasteiger partial charge in [0.05, 0.1) is 4.92 Å². The van der Waals surface area contributed by atoms with Gasteiger partial charge in [-0.15, -0.1) is 9.42 Å². The molecule has 0 aromatic heterocycles. The van der Waals surface area contributed by atoms with Crippen LogP contribution < -0.4 is 0 Å². The number of nitro groups is 1. The molecule has 1 atom stereocenters. The van der Waals surface area contributed by atoms with Crippen LogP contribution in [0.15, 0.2) is 24.3 Å². The zero-order chi connectivity index (χ0) is 10.6. The standard InChI is InChI=1S/C7H6NO5P/c9-8(10)7-3-1-6(2-4-7)5-13-14(11)12/h1-4H,5H2/p+1. The van der Waals surface area contributed by atoms with Crippen molar-refractivity contribution in [1.29, 1.82) is 0 Å². The highest BCUT2D eigenvalue weighted by molar-refractivity contribution is 7.32. The van der Waals surface area contributed by atoms with Gasteiger partial charge in [0, 0.05) is 16.7 Å². The molecule has 1 unspecified atom stereocenters. The lowest BCUT2D eigenvalue weighted by Gasteiger charge is -1.94. The average Bonchev–Trinajstić information content (AvgIpc) is 2.15. The van der Waals surface area contributed by atoms with Gasteiger partial charge in [0.15, 0.2) is 0 Å². The minimum absolute atomic E-state index is 0.0258. The summed E-state index contributed by atoms with van der Waals surface area (Å²) in [5, 5.41) is 10.3. The van der Waals surface area contributed by atoms with Crippen molar-refractivity contribution in [1.82, 2.24) is 0 Å². The van der Waals surface area contributed by atoms with E-state index in [4.69, 9.17) is 4.89 Å². The molecule has 1 rings (SSSR count). The summed E-state index contributed by atoms with van der Waals surface area (Å²) in [5.41, 5.74) is 0.579. The Labute approximate surface area is 80.2 Å². The molecular formula is C7H7NO5P+. The second-order valence-electron chi connectivity index (χ2n) is 2.43. The Balaban J connectivity index is 2.64. The lowest BCUT2D eigenvalue weighted by Crippen LogP contribution is -1.89. The predicted molar refractivity (Wildman–Crippen MR) is 47.7 cm³/mol. The Morgan fingerprint density at radius 3 is 2.43 bits per heavy atom. The maximum Gasteiger partial charge on any atom is 0.695 e. The van der Waals surface area contributed by atoms with Crippen LogP contribution in [-0.2, 0) is 15.7 Å². The third kappa shape index (κ3) is 3.18. The fourth-order valence-electron chi connectivity index (χ4n) is 0.844. The molecule has 0 heterocycles. The van der Waals surface area contributed by atoms with Gasteiger partial charge in [0.2, 0.25) is 0 Å². The van der Waals surface area contributed by atoms with E-state index in [-0.39, 0.29) is 12.3 Å². The van der Waals surface area contributed by atoms with E-state index in [2.05, 4.69) is 4.52 Å². The van der Waals surface area contributed by atoms with E-state index >= 15 is 0 Å². The molecular weight excluding hydrogens is 209 g/mol. The Hall–Kier alpha value is -1.36. The normalized spacial score (nSPS) is 11.1. The number of hydrogen-bond donors (Lipinski definition) is 1. The lowest BCUT2D eigenvalue weighted by atomic mass is 10.2. The predicted octanol–water partition coefficient (Wildman–Crippen LogP) is 1.76. The first-order valence-electron chi connectivity index (χ1n) is 3.62. The van der Waals surface area contributed by atoms with E-state index in [9.17, 15) is 14.7 Å². The van der Waals surface area contributed by atoms with Gasteiger partial charge in [0.1, 0.15) is 6.61 Å². The van der Waals surface area contributed by atoms with Crippen molar-refractivity contribution in [3.05, 3.63) is 39.9 Å². The molecule has 14 heavy (non-hydrogen) atoms. The van der Waals surface area contributed by atoms with Crippen molar-refractivity contribution in [3.63, 3.8) is 0 Å². The highest BCUT2D eigenvalue weighted by Gasteiger charge is 2.12. The van der Waals surface area contributed by atoms with Crippen LogP contribution >= 0.6 is 8.25 Å². The molecule has 0 fully saturated rings. The lowest BCUT2D eigenvalue weighted by molar-refractivity contribution is -0.384. The molecule has 7 heteroatoms. The summed E-state index contributed by atoms with van der Waals surface area (Å²) >= 11 is 0. The van der Waals surface area contributed by atoms with Crippen LogP contribution in [0.3, 0.4) is 0 Å². The molecule has 0 spiro atoms. The number of hydrogen-bond acceptors (Lipinski definition) is 4. The molecule has 0 radical (unpaired) electrons. The largest absolute Gasteiger partial charge is 0.695 e. The Kier molecular flexibility index (Phi) is 3.64. The summed E-state index contributed by atoms with van der Waals surface area (Å²) in [4.78, 5) is 18.1. The first-order chi connectivity index (χ1) is 6.59. The van der Waals surface area contributed by atoms with E-state index in [0.717, 1.165) is 0 Å². The second-order valence-corrected chi connectivity index (χ2v) is 3.17. The van der Waals surface area contributed by atoms with E-state index in [1.165, 1.54) is 24.3 Å². The molecule has 0 amide bonds. The van der Waals surface area contributed by atoms with Gasteiger partial charge in [-0.05, 0) is 17.7 Å². The number of rotatable bonds is 4. The molecule has 1 N–H and O–H groups in total. The Morgan fingerprint density at radius 1 is 1.43 bits per heavy atom. The van der Waals surface area contributed by atoms with E-state index in [0.29, 0.717) is 5.56 Å². The quantitative estimate of drug-likeness (QED) is 0.470.